The van der Waals surface area contributed by atoms with Gasteiger partial charge in [0.05, 0.1) is 7.11 Å². The topological polar surface area (TPSA) is 26.3 Å². The molecule has 0 unspecified atom stereocenters. The number of methoxy groups -OCH3 is 1. The van der Waals surface area contributed by atoms with Crippen LogP contribution in [0.4, 0.5) is 0 Å². The molecule has 0 saturated heterocycles. The maximum Gasteiger partial charge on any atom is 0.141 e. The second-order valence-electron chi connectivity index (χ2n) is 4.87. The van der Waals surface area contributed by atoms with Crippen LogP contribution in [0.2, 0.25) is 0 Å². The molecule has 0 aliphatic carbocycles. The number of carbonyl (C=O) groups excluding carboxylic acids is 1. The van der Waals surface area contributed by atoms with Crippen LogP contribution in [0, 0.1) is 0 Å². The zero-order valence-corrected chi connectivity index (χ0v) is 12.1. The number of benzene rings is 2. The van der Waals surface area contributed by atoms with Crippen molar-refractivity contribution in [2.45, 2.75) is 26.2 Å². The molecule has 0 radical (unpaired) electrons. The number of hydrogen-bond donors (Lipinski definition) is 0. The van der Waals surface area contributed by atoms with E-state index in [-0.39, 0.29) is 5.78 Å². The number of carbonyl (C=O) groups is 1. The monoisotopic (exact) mass is 268 g/mol. The Morgan fingerprint density at radius 3 is 2.25 bits per heavy atom. The van der Waals surface area contributed by atoms with Crippen molar-refractivity contribution in [3.63, 3.8) is 0 Å². The van der Waals surface area contributed by atoms with Crippen molar-refractivity contribution in [2.75, 3.05) is 7.11 Å². The Hall–Kier alpha value is -2.09. The van der Waals surface area contributed by atoms with Gasteiger partial charge in [-0.15, -0.1) is 0 Å². The third-order valence-electron chi connectivity index (χ3n) is 3.41. The molecule has 0 aliphatic rings. The average molecular weight is 268 g/mol. The van der Waals surface area contributed by atoms with Crippen molar-refractivity contribution >= 4 is 5.78 Å². The van der Waals surface area contributed by atoms with Gasteiger partial charge >= 0.3 is 0 Å². The molecule has 0 saturated carbocycles. The molecule has 0 heterocycles. The molecule has 0 fully saturated rings. The molecule has 104 valence electrons. The van der Waals surface area contributed by atoms with Crippen molar-refractivity contribution in [3.05, 3.63) is 65.2 Å². The minimum atomic E-state index is 0.207. The van der Waals surface area contributed by atoms with Gasteiger partial charge in [0, 0.05) is 18.4 Å². The number of rotatable bonds is 6. The van der Waals surface area contributed by atoms with Gasteiger partial charge in [-0.25, -0.2) is 0 Å². The molecule has 2 heteroatoms. The van der Waals surface area contributed by atoms with Crippen molar-refractivity contribution < 1.29 is 9.53 Å². The molecule has 2 nitrogen and oxygen atoms in total. The van der Waals surface area contributed by atoms with E-state index in [4.69, 9.17) is 4.74 Å². The Balaban J connectivity index is 2.01. The van der Waals surface area contributed by atoms with Crippen molar-refractivity contribution in [1.29, 1.82) is 0 Å². The van der Waals surface area contributed by atoms with E-state index in [1.165, 1.54) is 5.56 Å². The quantitative estimate of drug-likeness (QED) is 0.800. The van der Waals surface area contributed by atoms with Crippen LogP contribution in [0.5, 0.6) is 5.75 Å². The molecule has 0 atom stereocenters. The van der Waals surface area contributed by atoms with Crippen molar-refractivity contribution in [2.24, 2.45) is 0 Å². The number of ether oxygens (including phenoxy) is 1. The van der Waals surface area contributed by atoms with Crippen LogP contribution in [0.15, 0.2) is 48.5 Å². The highest BCUT2D eigenvalue weighted by Crippen LogP contribution is 2.18. The lowest BCUT2D eigenvalue weighted by Crippen LogP contribution is -2.07. The Kier molecular flexibility index (Phi) is 4.94. The van der Waals surface area contributed by atoms with Gasteiger partial charge in [0.1, 0.15) is 11.5 Å². The largest absolute Gasteiger partial charge is 0.496 e. The third-order valence-corrected chi connectivity index (χ3v) is 3.41. The summed E-state index contributed by atoms with van der Waals surface area (Å²) in [7, 11) is 1.63. The SMILES string of the molecule is CCc1ccc(CC(=O)Cc2ccccc2OC)cc1. The minimum absolute atomic E-state index is 0.207. The molecular formula is C18H20O2. The second-order valence-corrected chi connectivity index (χ2v) is 4.87. The molecule has 0 amide bonds. The maximum absolute atomic E-state index is 12.1. The first-order valence-corrected chi connectivity index (χ1v) is 6.94. The zero-order chi connectivity index (χ0) is 14.4. The number of aryl methyl sites for hydroxylation is 1. The first-order chi connectivity index (χ1) is 9.72. The predicted octanol–water partition coefficient (Wildman–Crippen LogP) is 3.61. The first kappa shape index (κ1) is 14.3. The summed E-state index contributed by atoms with van der Waals surface area (Å²) in [6, 6.07) is 15.9. The lowest BCUT2D eigenvalue weighted by molar-refractivity contribution is -0.117. The van der Waals surface area contributed by atoms with Crippen LogP contribution >= 0.6 is 0 Å². The fraction of sp³-hybridized carbons (Fsp3) is 0.278. The smallest absolute Gasteiger partial charge is 0.141 e. The molecule has 0 aromatic heterocycles. The second kappa shape index (κ2) is 6.90. The van der Waals surface area contributed by atoms with E-state index in [1.54, 1.807) is 7.11 Å². The van der Waals surface area contributed by atoms with Crippen LogP contribution in [0.1, 0.15) is 23.6 Å². The highest BCUT2D eigenvalue weighted by atomic mass is 16.5. The van der Waals surface area contributed by atoms with Gasteiger partial charge < -0.3 is 4.74 Å². The van der Waals surface area contributed by atoms with Gasteiger partial charge in [-0.2, -0.15) is 0 Å². The maximum atomic E-state index is 12.1. The predicted molar refractivity (Wildman–Crippen MR) is 81.2 cm³/mol. The number of para-hydroxylation sites is 1. The van der Waals surface area contributed by atoms with E-state index in [0.717, 1.165) is 23.3 Å². The number of Topliss-reactive ketones (excluding diaryl/α,β-unsaturated/α-hetero) is 1. The van der Waals surface area contributed by atoms with E-state index in [1.807, 2.05) is 36.4 Å². The lowest BCUT2D eigenvalue weighted by Gasteiger charge is -2.07. The zero-order valence-electron chi connectivity index (χ0n) is 12.1. The number of hydrogen-bond acceptors (Lipinski definition) is 2. The summed E-state index contributed by atoms with van der Waals surface area (Å²) in [4.78, 5) is 12.1. The Morgan fingerprint density at radius 1 is 0.950 bits per heavy atom. The van der Waals surface area contributed by atoms with Crippen LogP contribution < -0.4 is 4.74 Å². The van der Waals surface area contributed by atoms with Gasteiger partial charge in [-0.05, 0) is 23.6 Å². The van der Waals surface area contributed by atoms with E-state index in [9.17, 15) is 4.79 Å². The third kappa shape index (κ3) is 3.70. The highest BCUT2D eigenvalue weighted by molar-refractivity contribution is 5.83. The fourth-order valence-electron chi connectivity index (χ4n) is 2.24. The molecule has 0 N–H and O–H groups in total. The van der Waals surface area contributed by atoms with E-state index in [2.05, 4.69) is 19.1 Å². The van der Waals surface area contributed by atoms with Crippen LogP contribution in [0.25, 0.3) is 0 Å². The first-order valence-electron chi connectivity index (χ1n) is 6.94. The van der Waals surface area contributed by atoms with Gasteiger partial charge in [0.25, 0.3) is 0 Å². The summed E-state index contributed by atoms with van der Waals surface area (Å²) in [5.41, 5.74) is 3.32. The minimum Gasteiger partial charge on any atom is -0.496 e. The van der Waals surface area contributed by atoms with E-state index < -0.39 is 0 Å². The molecular weight excluding hydrogens is 248 g/mol. The summed E-state index contributed by atoms with van der Waals surface area (Å²) >= 11 is 0. The van der Waals surface area contributed by atoms with Crippen molar-refractivity contribution in [3.8, 4) is 5.75 Å². The highest BCUT2D eigenvalue weighted by Gasteiger charge is 2.09. The van der Waals surface area contributed by atoms with Gasteiger partial charge in [-0.3, -0.25) is 4.79 Å². The van der Waals surface area contributed by atoms with Gasteiger partial charge in [0.15, 0.2) is 0 Å². The molecule has 20 heavy (non-hydrogen) atoms. The normalized spacial score (nSPS) is 10.3. The Labute approximate surface area is 120 Å². The molecule has 0 aliphatic heterocycles. The molecule has 2 aromatic rings. The van der Waals surface area contributed by atoms with Crippen LogP contribution in [-0.2, 0) is 24.1 Å². The van der Waals surface area contributed by atoms with E-state index >= 15 is 0 Å². The summed E-state index contributed by atoms with van der Waals surface area (Å²) in [5, 5.41) is 0. The molecule has 2 rings (SSSR count). The average Bonchev–Trinajstić information content (AvgIpc) is 2.48. The van der Waals surface area contributed by atoms with Gasteiger partial charge in [0.2, 0.25) is 0 Å². The van der Waals surface area contributed by atoms with Crippen LogP contribution in [-0.4, -0.2) is 12.9 Å². The summed E-state index contributed by atoms with van der Waals surface area (Å²) in [5.74, 6) is 0.987. The summed E-state index contributed by atoms with van der Waals surface area (Å²) in [6.45, 7) is 2.13. The molecule has 2 aromatic carbocycles. The molecule has 0 spiro atoms. The summed E-state index contributed by atoms with van der Waals surface area (Å²) < 4.78 is 5.27. The molecule has 0 bridgehead atoms. The Morgan fingerprint density at radius 2 is 1.60 bits per heavy atom. The fourth-order valence-corrected chi connectivity index (χ4v) is 2.24. The standard InChI is InChI=1S/C18H20O2/c1-3-14-8-10-15(11-9-14)12-17(19)13-16-6-4-5-7-18(16)20-2/h4-11H,3,12-13H2,1-2H3. The Bertz CT molecular complexity index is 570. The lowest BCUT2D eigenvalue weighted by atomic mass is 10.0. The van der Waals surface area contributed by atoms with Crippen LogP contribution in [0.3, 0.4) is 0 Å². The summed E-state index contributed by atoms with van der Waals surface area (Å²) in [6.07, 6.45) is 1.91. The van der Waals surface area contributed by atoms with E-state index in [0.29, 0.717) is 12.8 Å². The van der Waals surface area contributed by atoms with Crippen molar-refractivity contribution in [1.82, 2.24) is 0 Å². The number of ketones is 1. The van der Waals surface area contributed by atoms with Gasteiger partial charge in [-0.1, -0.05) is 49.4 Å².